The molecule has 0 amide bonds. The van der Waals surface area contributed by atoms with Crippen LogP contribution in [0.2, 0.25) is 0 Å². The van der Waals surface area contributed by atoms with Crippen LogP contribution in [0.4, 0.5) is 5.82 Å². The zero-order chi connectivity index (χ0) is 13.0. The van der Waals surface area contributed by atoms with Crippen molar-refractivity contribution in [2.75, 3.05) is 11.9 Å². The fourth-order valence-corrected chi connectivity index (χ4v) is 2.74. The molecule has 0 atom stereocenters. The van der Waals surface area contributed by atoms with E-state index in [1.807, 2.05) is 19.9 Å². The second-order valence-electron chi connectivity index (χ2n) is 5.30. The van der Waals surface area contributed by atoms with Crippen molar-refractivity contribution in [3.05, 3.63) is 22.9 Å². The highest BCUT2D eigenvalue weighted by Crippen LogP contribution is 2.25. The SMILES string of the molecule is Cc1cc(C)c(C#N)c(NCC2CCCCC2)n1. The van der Waals surface area contributed by atoms with Gasteiger partial charge in [0.2, 0.25) is 0 Å². The van der Waals surface area contributed by atoms with Crippen molar-refractivity contribution < 1.29 is 0 Å². The summed E-state index contributed by atoms with van der Waals surface area (Å²) in [7, 11) is 0. The van der Waals surface area contributed by atoms with E-state index in [0.717, 1.165) is 29.5 Å². The first kappa shape index (κ1) is 12.9. The van der Waals surface area contributed by atoms with Gasteiger partial charge in [-0.2, -0.15) is 5.26 Å². The van der Waals surface area contributed by atoms with Gasteiger partial charge in [-0.15, -0.1) is 0 Å². The highest BCUT2D eigenvalue weighted by molar-refractivity contribution is 5.56. The van der Waals surface area contributed by atoms with Crippen molar-refractivity contribution in [3.63, 3.8) is 0 Å². The number of pyridine rings is 1. The molecule has 0 spiro atoms. The zero-order valence-electron chi connectivity index (χ0n) is 11.3. The number of anilines is 1. The van der Waals surface area contributed by atoms with Crippen molar-refractivity contribution >= 4 is 5.82 Å². The summed E-state index contributed by atoms with van der Waals surface area (Å²) in [6, 6.07) is 4.22. The maximum Gasteiger partial charge on any atom is 0.144 e. The second kappa shape index (κ2) is 5.86. The fraction of sp³-hybridized carbons (Fsp3) is 0.600. The summed E-state index contributed by atoms with van der Waals surface area (Å²) in [6.45, 7) is 4.89. The summed E-state index contributed by atoms with van der Waals surface area (Å²) >= 11 is 0. The summed E-state index contributed by atoms with van der Waals surface area (Å²) in [5, 5.41) is 12.6. The molecule has 1 saturated carbocycles. The van der Waals surface area contributed by atoms with Crippen molar-refractivity contribution in [1.29, 1.82) is 5.26 Å². The molecule has 18 heavy (non-hydrogen) atoms. The largest absolute Gasteiger partial charge is 0.369 e. The molecule has 0 aromatic carbocycles. The Labute approximate surface area is 109 Å². The smallest absolute Gasteiger partial charge is 0.144 e. The first-order chi connectivity index (χ1) is 8.70. The summed E-state index contributed by atoms with van der Waals surface area (Å²) in [5.74, 6) is 1.51. The molecule has 3 heteroatoms. The van der Waals surface area contributed by atoms with Crippen molar-refractivity contribution in [2.45, 2.75) is 46.0 Å². The first-order valence-corrected chi connectivity index (χ1v) is 6.83. The topological polar surface area (TPSA) is 48.7 Å². The summed E-state index contributed by atoms with van der Waals surface area (Å²) in [5.41, 5.74) is 2.67. The number of hydrogen-bond donors (Lipinski definition) is 1. The van der Waals surface area contributed by atoms with E-state index in [0.29, 0.717) is 5.56 Å². The number of nitrogens with one attached hydrogen (secondary N) is 1. The maximum atomic E-state index is 9.20. The molecule has 1 aliphatic rings. The van der Waals surface area contributed by atoms with E-state index in [2.05, 4.69) is 16.4 Å². The molecule has 96 valence electrons. The van der Waals surface area contributed by atoms with Gasteiger partial charge in [-0.1, -0.05) is 19.3 Å². The Morgan fingerprint density at radius 3 is 2.72 bits per heavy atom. The van der Waals surface area contributed by atoms with Gasteiger partial charge in [-0.05, 0) is 44.2 Å². The lowest BCUT2D eigenvalue weighted by Gasteiger charge is -2.22. The third kappa shape index (κ3) is 3.01. The highest BCUT2D eigenvalue weighted by Gasteiger charge is 2.15. The van der Waals surface area contributed by atoms with Crippen molar-refractivity contribution in [3.8, 4) is 6.07 Å². The molecule has 3 nitrogen and oxygen atoms in total. The number of nitrogens with zero attached hydrogens (tertiary/aromatic N) is 2. The molecule has 1 aromatic rings. The molecule has 0 unspecified atom stereocenters. The van der Waals surface area contributed by atoms with E-state index in [1.165, 1.54) is 32.1 Å². The molecule has 0 saturated heterocycles. The molecule has 1 N–H and O–H groups in total. The van der Waals surface area contributed by atoms with Gasteiger partial charge in [0.05, 0.1) is 5.56 Å². The highest BCUT2D eigenvalue weighted by atomic mass is 15.0. The number of nitriles is 1. The minimum atomic E-state index is 0.691. The lowest BCUT2D eigenvalue weighted by molar-refractivity contribution is 0.373. The average Bonchev–Trinajstić information content (AvgIpc) is 2.37. The van der Waals surface area contributed by atoms with Crippen LogP contribution in [0.5, 0.6) is 0 Å². The molecule has 1 aromatic heterocycles. The standard InChI is InChI=1S/C15H21N3/c1-11-8-12(2)18-15(14(11)9-16)17-10-13-6-4-3-5-7-13/h8,13H,3-7,10H2,1-2H3,(H,17,18). The fourth-order valence-electron chi connectivity index (χ4n) is 2.74. The Kier molecular flexibility index (Phi) is 4.19. The number of rotatable bonds is 3. The van der Waals surface area contributed by atoms with Crippen LogP contribution in [0, 0.1) is 31.1 Å². The van der Waals surface area contributed by atoms with Gasteiger partial charge in [-0.25, -0.2) is 4.98 Å². The van der Waals surface area contributed by atoms with Crippen molar-refractivity contribution in [2.24, 2.45) is 5.92 Å². The van der Waals surface area contributed by atoms with E-state index in [4.69, 9.17) is 0 Å². The quantitative estimate of drug-likeness (QED) is 0.883. The third-order valence-electron chi connectivity index (χ3n) is 3.74. The van der Waals surface area contributed by atoms with Crippen LogP contribution in [0.15, 0.2) is 6.07 Å². The van der Waals surface area contributed by atoms with Gasteiger partial charge in [-0.3, -0.25) is 0 Å². The van der Waals surface area contributed by atoms with Gasteiger partial charge in [0, 0.05) is 12.2 Å². The molecule has 0 bridgehead atoms. The van der Waals surface area contributed by atoms with Gasteiger partial charge in [0.25, 0.3) is 0 Å². The first-order valence-electron chi connectivity index (χ1n) is 6.83. The van der Waals surface area contributed by atoms with Gasteiger partial charge >= 0.3 is 0 Å². The molecule has 1 heterocycles. The minimum absolute atomic E-state index is 0.691. The van der Waals surface area contributed by atoms with E-state index in [-0.39, 0.29) is 0 Å². The summed E-state index contributed by atoms with van der Waals surface area (Å²) in [4.78, 5) is 4.46. The van der Waals surface area contributed by atoms with E-state index in [1.54, 1.807) is 0 Å². The maximum absolute atomic E-state index is 9.20. The molecule has 0 aliphatic heterocycles. The van der Waals surface area contributed by atoms with Crippen LogP contribution in [-0.2, 0) is 0 Å². The van der Waals surface area contributed by atoms with Gasteiger partial charge in [0.1, 0.15) is 11.9 Å². The molecular formula is C15H21N3. The number of aromatic nitrogens is 1. The van der Waals surface area contributed by atoms with Crippen LogP contribution in [0.1, 0.15) is 48.9 Å². The van der Waals surface area contributed by atoms with Gasteiger partial charge < -0.3 is 5.32 Å². The minimum Gasteiger partial charge on any atom is -0.369 e. The molecule has 1 aliphatic carbocycles. The van der Waals surface area contributed by atoms with Crippen LogP contribution >= 0.6 is 0 Å². The molecule has 2 rings (SSSR count). The average molecular weight is 243 g/mol. The molecular weight excluding hydrogens is 222 g/mol. The zero-order valence-corrected chi connectivity index (χ0v) is 11.3. The van der Waals surface area contributed by atoms with Crippen LogP contribution in [-0.4, -0.2) is 11.5 Å². The van der Waals surface area contributed by atoms with Crippen LogP contribution < -0.4 is 5.32 Å². The van der Waals surface area contributed by atoms with Crippen molar-refractivity contribution in [1.82, 2.24) is 4.98 Å². The normalized spacial score (nSPS) is 16.3. The third-order valence-corrected chi connectivity index (χ3v) is 3.74. The molecule has 0 radical (unpaired) electrons. The van der Waals surface area contributed by atoms with E-state index >= 15 is 0 Å². The van der Waals surface area contributed by atoms with E-state index in [9.17, 15) is 5.26 Å². The van der Waals surface area contributed by atoms with Crippen LogP contribution in [0.25, 0.3) is 0 Å². The Hall–Kier alpha value is -1.56. The number of aryl methyl sites for hydroxylation is 2. The Morgan fingerprint density at radius 1 is 1.33 bits per heavy atom. The van der Waals surface area contributed by atoms with E-state index < -0.39 is 0 Å². The Bertz CT molecular complexity index is 454. The Balaban J connectivity index is 2.06. The van der Waals surface area contributed by atoms with Crippen LogP contribution in [0.3, 0.4) is 0 Å². The second-order valence-corrected chi connectivity index (χ2v) is 5.30. The monoisotopic (exact) mass is 243 g/mol. The predicted molar refractivity (Wildman–Crippen MR) is 73.5 cm³/mol. The summed E-state index contributed by atoms with van der Waals surface area (Å²) < 4.78 is 0. The number of hydrogen-bond acceptors (Lipinski definition) is 3. The predicted octanol–water partition coefficient (Wildman–Crippen LogP) is 3.56. The summed E-state index contributed by atoms with van der Waals surface area (Å²) in [6.07, 6.45) is 6.68. The lowest BCUT2D eigenvalue weighted by atomic mass is 9.89. The lowest BCUT2D eigenvalue weighted by Crippen LogP contribution is -2.18. The molecule has 1 fully saturated rings. The van der Waals surface area contributed by atoms with Gasteiger partial charge in [0.15, 0.2) is 0 Å². The Morgan fingerprint density at radius 2 is 2.06 bits per heavy atom.